The van der Waals surface area contributed by atoms with Crippen LogP contribution in [0.3, 0.4) is 0 Å². The first-order valence-electron chi connectivity index (χ1n) is 7.65. The summed E-state index contributed by atoms with van der Waals surface area (Å²) >= 11 is 1.82. The molecule has 0 fully saturated rings. The van der Waals surface area contributed by atoms with E-state index in [2.05, 4.69) is 42.6 Å². The number of aromatic nitrogens is 1. The van der Waals surface area contributed by atoms with E-state index >= 15 is 0 Å². The summed E-state index contributed by atoms with van der Waals surface area (Å²) in [7, 11) is 0. The van der Waals surface area contributed by atoms with E-state index in [0.29, 0.717) is 12.2 Å². The van der Waals surface area contributed by atoms with Gasteiger partial charge in [0, 0.05) is 17.8 Å². The summed E-state index contributed by atoms with van der Waals surface area (Å²) in [5.74, 6) is 0.655. The molecule has 0 radical (unpaired) electrons. The molecule has 0 atom stereocenters. The van der Waals surface area contributed by atoms with Gasteiger partial charge in [-0.3, -0.25) is 4.79 Å². The van der Waals surface area contributed by atoms with Gasteiger partial charge in [-0.15, -0.1) is 0 Å². The van der Waals surface area contributed by atoms with Crippen molar-refractivity contribution < 1.29 is 4.79 Å². The molecule has 0 spiro atoms. The maximum atomic E-state index is 12.3. The number of thioether (sulfide) groups is 1. The number of hydrogen-bond donors (Lipinski definition) is 2. The van der Waals surface area contributed by atoms with Gasteiger partial charge in [0.25, 0.3) is 5.91 Å². The number of carbonyl (C=O) groups excluding carboxylic acids is 1. The standard InChI is InChI=1S/C16H27N3OS/c1-5-11-17-14-10-8-9-13(19-14)15(20)18-12-16(6-2,7-3)21-4/h8-10H,5-7,11-12H2,1-4H3,(H,17,19)(H,18,20). The molecule has 0 bridgehead atoms. The van der Waals surface area contributed by atoms with Gasteiger partial charge in [-0.05, 0) is 37.7 Å². The van der Waals surface area contributed by atoms with Gasteiger partial charge in [-0.1, -0.05) is 26.8 Å². The lowest BCUT2D eigenvalue weighted by molar-refractivity contribution is 0.0944. The average molecular weight is 309 g/mol. The number of carbonyl (C=O) groups is 1. The van der Waals surface area contributed by atoms with E-state index in [1.807, 2.05) is 23.9 Å². The number of anilines is 1. The highest BCUT2D eigenvalue weighted by atomic mass is 32.2. The summed E-state index contributed by atoms with van der Waals surface area (Å²) in [5.41, 5.74) is 0.471. The predicted octanol–water partition coefficient (Wildman–Crippen LogP) is 3.56. The Balaban J connectivity index is 2.67. The summed E-state index contributed by atoms with van der Waals surface area (Å²) in [6.07, 6.45) is 5.21. The van der Waals surface area contributed by atoms with E-state index in [-0.39, 0.29) is 10.7 Å². The summed E-state index contributed by atoms with van der Waals surface area (Å²) in [6, 6.07) is 5.50. The second kappa shape index (κ2) is 8.93. The smallest absolute Gasteiger partial charge is 0.270 e. The number of rotatable bonds is 9. The minimum absolute atomic E-state index is 0.101. The molecule has 118 valence electrons. The third-order valence-electron chi connectivity index (χ3n) is 3.83. The van der Waals surface area contributed by atoms with Gasteiger partial charge in [0.1, 0.15) is 11.5 Å². The van der Waals surface area contributed by atoms with Crippen LogP contribution in [-0.4, -0.2) is 35.0 Å². The zero-order chi connectivity index (χ0) is 15.7. The zero-order valence-electron chi connectivity index (χ0n) is 13.5. The van der Waals surface area contributed by atoms with E-state index in [9.17, 15) is 4.79 Å². The fourth-order valence-corrected chi connectivity index (χ4v) is 2.90. The normalized spacial score (nSPS) is 11.2. The second-order valence-electron chi connectivity index (χ2n) is 5.11. The van der Waals surface area contributed by atoms with Crippen molar-refractivity contribution in [3.8, 4) is 0 Å². The number of amides is 1. The summed E-state index contributed by atoms with van der Waals surface area (Å²) in [5, 5.41) is 6.23. The lowest BCUT2D eigenvalue weighted by Crippen LogP contribution is -2.39. The van der Waals surface area contributed by atoms with Crippen LogP contribution in [0.25, 0.3) is 0 Å². The lowest BCUT2D eigenvalue weighted by Gasteiger charge is -2.29. The van der Waals surface area contributed by atoms with Crippen molar-refractivity contribution in [2.45, 2.75) is 44.8 Å². The molecular weight excluding hydrogens is 282 g/mol. The Kier molecular flexibility index (Phi) is 7.57. The van der Waals surface area contributed by atoms with E-state index in [4.69, 9.17) is 0 Å². The lowest BCUT2D eigenvalue weighted by atomic mass is 10.0. The molecule has 1 aromatic heterocycles. The number of pyridine rings is 1. The summed E-state index contributed by atoms with van der Waals surface area (Å²) < 4.78 is 0.119. The van der Waals surface area contributed by atoms with Crippen molar-refractivity contribution in [3.05, 3.63) is 23.9 Å². The fraction of sp³-hybridized carbons (Fsp3) is 0.625. The molecule has 0 aliphatic carbocycles. The summed E-state index contributed by atoms with van der Waals surface area (Å²) in [6.45, 7) is 7.97. The highest BCUT2D eigenvalue weighted by Crippen LogP contribution is 2.29. The number of nitrogens with one attached hydrogen (secondary N) is 2. The molecule has 0 aromatic carbocycles. The fourth-order valence-electron chi connectivity index (χ4n) is 2.11. The average Bonchev–Trinajstić information content (AvgIpc) is 2.54. The van der Waals surface area contributed by atoms with Crippen LogP contribution in [0.2, 0.25) is 0 Å². The van der Waals surface area contributed by atoms with Crippen LogP contribution < -0.4 is 10.6 Å². The second-order valence-corrected chi connectivity index (χ2v) is 6.39. The van der Waals surface area contributed by atoms with Crippen molar-refractivity contribution >= 4 is 23.5 Å². The Labute approximate surface area is 132 Å². The van der Waals surface area contributed by atoms with Crippen LogP contribution >= 0.6 is 11.8 Å². The van der Waals surface area contributed by atoms with Crippen LogP contribution in [0, 0.1) is 0 Å². The first-order chi connectivity index (χ1) is 10.1. The summed E-state index contributed by atoms with van der Waals surface area (Å²) in [4.78, 5) is 16.6. The molecule has 1 aromatic rings. The number of hydrogen-bond acceptors (Lipinski definition) is 4. The van der Waals surface area contributed by atoms with Crippen LogP contribution in [0.5, 0.6) is 0 Å². The third-order valence-corrected chi connectivity index (χ3v) is 5.42. The molecular formula is C16H27N3OS. The van der Waals surface area contributed by atoms with Gasteiger partial charge in [-0.25, -0.2) is 4.98 Å². The van der Waals surface area contributed by atoms with Gasteiger partial charge in [0.15, 0.2) is 0 Å². The van der Waals surface area contributed by atoms with Crippen LogP contribution in [0.4, 0.5) is 5.82 Å². The van der Waals surface area contributed by atoms with Crippen molar-refractivity contribution in [1.29, 1.82) is 0 Å². The monoisotopic (exact) mass is 309 g/mol. The molecule has 0 saturated carbocycles. The van der Waals surface area contributed by atoms with Gasteiger partial charge >= 0.3 is 0 Å². The molecule has 5 heteroatoms. The maximum absolute atomic E-state index is 12.3. The molecule has 1 heterocycles. The molecule has 2 N–H and O–H groups in total. The third kappa shape index (κ3) is 5.23. The zero-order valence-corrected chi connectivity index (χ0v) is 14.3. The minimum atomic E-state index is -0.101. The van der Waals surface area contributed by atoms with Gasteiger partial charge < -0.3 is 10.6 Å². The van der Waals surface area contributed by atoms with Crippen LogP contribution in [0.15, 0.2) is 18.2 Å². The number of nitrogens with zero attached hydrogens (tertiary/aromatic N) is 1. The molecule has 4 nitrogen and oxygen atoms in total. The highest BCUT2D eigenvalue weighted by Gasteiger charge is 2.25. The predicted molar refractivity (Wildman–Crippen MR) is 92.2 cm³/mol. The molecule has 1 rings (SSSR count). The van der Waals surface area contributed by atoms with Crippen LogP contribution in [-0.2, 0) is 0 Å². The molecule has 21 heavy (non-hydrogen) atoms. The van der Waals surface area contributed by atoms with Crippen molar-refractivity contribution in [2.24, 2.45) is 0 Å². The topological polar surface area (TPSA) is 54.0 Å². The Morgan fingerprint density at radius 1 is 1.29 bits per heavy atom. The van der Waals surface area contributed by atoms with Crippen molar-refractivity contribution in [1.82, 2.24) is 10.3 Å². The first-order valence-corrected chi connectivity index (χ1v) is 8.87. The Hall–Kier alpha value is -1.23. The van der Waals surface area contributed by atoms with E-state index in [1.54, 1.807) is 6.07 Å². The molecule has 0 aliphatic rings. The van der Waals surface area contributed by atoms with E-state index in [0.717, 1.165) is 31.6 Å². The van der Waals surface area contributed by atoms with Gasteiger partial charge in [0.05, 0.1) is 0 Å². The Morgan fingerprint density at radius 3 is 2.57 bits per heavy atom. The van der Waals surface area contributed by atoms with Crippen molar-refractivity contribution in [3.63, 3.8) is 0 Å². The van der Waals surface area contributed by atoms with Gasteiger partial charge in [-0.2, -0.15) is 11.8 Å². The van der Waals surface area contributed by atoms with Gasteiger partial charge in [0.2, 0.25) is 0 Å². The molecule has 0 saturated heterocycles. The Morgan fingerprint density at radius 2 is 2.00 bits per heavy atom. The maximum Gasteiger partial charge on any atom is 0.270 e. The van der Waals surface area contributed by atoms with Crippen molar-refractivity contribution in [2.75, 3.05) is 24.7 Å². The van der Waals surface area contributed by atoms with Crippen LogP contribution in [0.1, 0.15) is 50.5 Å². The molecule has 0 aliphatic heterocycles. The minimum Gasteiger partial charge on any atom is -0.370 e. The SMILES string of the molecule is CCCNc1cccc(C(=O)NCC(CC)(CC)SC)n1. The first kappa shape index (κ1) is 17.8. The van der Waals surface area contributed by atoms with E-state index < -0.39 is 0 Å². The highest BCUT2D eigenvalue weighted by molar-refractivity contribution is 8.00. The quantitative estimate of drug-likeness (QED) is 0.732. The molecule has 1 amide bonds. The molecule has 0 unspecified atom stereocenters. The largest absolute Gasteiger partial charge is 0.370 e. The van der Waals surface area contributed by atoms with E-state index in [1.165, 1.54) is 0 Å². The Bertz CT molecular complexity index is 439.